The molecule has 2 amide bonds. The summed E-state index contributed by atoms with van der Waals surface area (Å²) in [5.74, 6) is 0.653. The van der Waals surface area contributed by atoms with Gasteiger partial charge in [-0.25, -0.2) is 0 Å². The molecule has 2 aromatic rings. The molecule has 1 heterocycles. The zero-order valence-corrected chi connectivity index (χ0v) is 17.9. The Morgan fingerprint density at radius 2 is 1.67 bits per heavy atom. The van der Waals surface area contributed by atoms with Crippen LogP contribution in [0.2, 0.25) is 0 Å². The normalized spacial score (nSPS) is 18.5. The number of benzene rings is 2. The van der Waals surface area contributed by atoms with Crippen LogP contribution in [0.15, 0.2) is 54.6 Å². The Hall–Kier alpha value is -2.62. The van der Waals surface area contributed by atoms with E-state index in [1.165, 1.54) is 23.1 Å². The van der Waals surface area contributed by atoms with Gasteiger partial charge in [-0.05, 0) is 55.7 Å². The van der Waals surface area contributed by atoms with Crippen molar-refractivity contribution in [1.82, 2.24) is 10.2 Å². The summed E-state index contributed by atoms with van der Waals surface area (Å²) in [7, 11) is 0. The van der Waals surface area contributed by atoms with Gasteiger partial charge in [-0.15, -0.1) is 0 Å². The maximum atomic E-state index is 13.2. The highest BCUT2D eigenvalue weighted by atomic mass is 16.2. The second-order valence-corrected chi connectivity index (χ2v) is 8.79. The molecule has 0 bridgehead atoms. The predicted molar refractivity (Wildman–Crippen MR) is 120 cm³/mol. The molecule has 1 saturated carbocycles. The lowest BCUT2D eigenvalue weighted by molar-refractivity contribution is -0.144. The number of hydrogen-bond acceptors (Lipinski definition) is 2. The molecule has 4 nitrogen and oxygen atoms in total. The summed E-state index contributed by atoms with van der Waals surface area (Å²) >= 11 is 0. The van der Waals surface area contributed by atoms with Crippen molar-refractivity contribution in [3.05, 3.63) is 60.2 Å². The zero-order valence-electron chi connectivity index (χ0n) is 17.9. The first-order valence-corrected chi connectivity index (χ1v) is 11.3. The van der Waals surface area contributed by atoms with Crippen LogP contribution in [0.25, 0.3) is 11.1 Å². The number of amides is 2. The molecule has 158 valence electrons. The average molecular weight is 405 g/mol. The lowest BCUT2D eigenvalue weighted by Crippen LogP contribution is -2.52. The van der Waals surface area contributed by atoms with Crippen LogP contribution >= 0.6 is 0 Å². The van der Waals surface area contributed by atoms with E-state index in [1.807, 2.05) is 17.9 Å². The van der Waals surface area contributed by atoms with E-state index in [4.69, 9.17) is 0 Å². The predicted octanol–water partition coefficient (Wildman–Crippen LogP) is 4.44. The first kappa shape index (κ1) is 20.6. The number of likely N-dealkylation sites (tertiary alicyclic amines) is 1. The number of carbonyl (C=O) groups is 2. The Morgan fingerprint density at radius 1 is 1.00 bits per heavy atom. The third kappa shape index (κ3) is 4.14. The Morgan fingerprint density at radius 3 is 2.30 bits per heavy atom. The van der Waals surface area contributed by atoms with Crippen LogP contribution in [0.1, 0.15) is 44.6 Å². The summed E-state index contributed by atoms with van der Waals surface area (Å²) in [6.07, 6.45) is 5.38. The van der Waals surface area contributed by atoms with Gasteiger partial charge in [0.2, 0.25) is 11.8 Å². The van der Waals surface area contributed by atoms with E-state index in [9.17, 15) is 9.59 Å². The lowest BCUT2D eigenvalue weighted by Gasteiger charge is -2.43. The van der Waals surface area contributed by atoms with E-state index < -0.39 is 5.41 Å². The summed E-state index contributed by atoms with van der Waals surface area (Å²) in [6.45, 7) is 3.96. The minimum atomic E-state index is -0.461. The molecule has 0 aromatic heterocycles. The third-order valence-electron chi connectivity index (χ3n) is 6.94. The van der Waals surface area contributed by atoms with Gasteiger partial charge in [0.1, 0.15) is 0 Å². The fourth-order valence-corrected chi connectivity index (χ4v) is 4.84. The Bertz CT molecular complexity index is 881. The standard InChI is InChI=1S/C26H32N2O2/c1-2-27-25(30)26(15-17-28(18-16-26)24(29)21-12-8-13-21)19-22-11-6-7-14-23(22)20-9-4-3-5-10-20/h3-7,9-11,14,21H,2,8,12-13,15-19H2,1H3,(H,27,30). The van der Waals surface area contributed by atoms with E-state index in [0.717, 1.165) is 25.7 Å². The van der Waals surface area contributed by atoms with E-state index in [-0.39, 0.29) is 11.8 Å². The molecule has 1 saturated heterocycles. The topological polar surface area (TPSA) is 49.4 Å². The number of hydrogen-bond donors (Lipinski definition) is 1. The van der Waals surface area contributed by atoms with Gasteiger partial charge in [-0.2, -0.15) is 0 Å². The molecule has 1 aliphatic heterocycles. The summed E-state index contributed by atoms with van der Waals surface area (Å²) in [6, 6.07) is 18.8. The van der Waals surface area contributed by atoms with Crippen molar-refractivity contribution in [2.45, 2.75) is 45.4 Å². The zero-order chi connectivity index (χ0) is 21.0. The Balaban J connectivity index is 1.57. The highest BCUT2D eigenvalue weighted by molar-refractivity contribution is 5.85. The van der Waals surface area contributed by atoms with Crippen molar-refractivity contribution in [1.29, 1.82) is 0 Å². The monoisotopic (exact) mass is 404 g/mol. The van der Waals surface area contributed by atoms with Crippen LogP contribution in [0, 0.1) is 11.3 Å². The fourth-order valence-electron chi connectivity index (χ4n) is 4.84. The van der Waals surface area contributed by atoms with E-state index >= 15 is 0 Å². The molecule has 2 fully saturated rings. The van der Waals surface area contributed by atoms with Gasteiger partial charge in [-0.1, -0.05) is 61.0 Å². The first-order valence-electron chi connectivity index (χ1n) is 11.3. The molecule has 0 radical (unpaired) electrons. The van der Waals surface area contributed by atoms with Crippen molar-refractivity contribution < 1.29 is 9.59 Å². The van der Waals surface area contributed by atoms with Crippen LogP contribution in [0.4, 0.5) is 0 Å². The molecule has 30 heavy (non-hydrogen) atoms. The second kappa shape index (κ2) is 9.03. The minimum Gasteiger partial charge on any atom is -0.356 e. The largest absolute Gasteiger partial charge is 0.356 e. The molecule has 0 atom stereocenters. The Labute approximate surface area is 179 Å². The summed E-state index contributed by atoms with van der Waals surface area (Å²) < 4.78 is 0. The van der Waals surface area contributed by atoms with Crippen molar-refractivity contribution >= 4 is 11.8 Å². The van der Waals surface area contributed by atoms with E-state index in [2.05, 4.69) is 53.8 Å². The number of piperidine rings is 1. The van der Waals surface area contributed by atoms with Crippen LogP contribution < -0.4 is 5.32 Å². The van der Waals surface area contributed by atoms with Gasteiger partial charge in [0.25, 0.3) is 0 Å². The Kier molecular flexibility index (Phi) is 6.21. The van der Waals surface area contributed by atoms with Gasteiger partial charge in [0.05, 0.1) is 5.41 Å². The molecule has 1 aliphatic carbocycles. The van der Waals surface area contributed by atoms with Crippen molar-refractivity contribution in [2.75, 3.05) is 19.6 Å². The molecule has 2 aliphatic rings. The smallest absolute Gasteiger partial charge is 0.226 e. The van der Waals surface area contributed by atoms with Gasteiger partial charge in [0, 0.05) is 25.6 Å². The van der Waals surface area contributed by atoms with Crippen LogP contribution in [0.5, 0.6) is 0 Å². The third-order valence-corrected chi connectivity index (χ3v) is 6.94. The van der Waals surface area contributed by atoms with Gasteiger partial charge in [0.15, 0.2) is 0 Å². The molecule has 4 rings (SSSR count). The molecule has 0 spiro atoms. The summed E-state index contributed by atoms with van der Waals surface area (Å²) in [4.78, 5) is 27.9. The molecule has 1 N–H and O–H groups in total. The molecular formula is C26H32N2O2. The van der Waals surface area contributed by atoms with Gasteiger partial charge in [-0.3, -0.25) is 9.59 Å². The highest BCUT2D eigenvalue weighted by Gasteiger charge is 2.43. The average Bonchev–Trinajstić information content (AvgIpc) is 2.74. The molecule has 2 aromatic carbocycles. The van der Waals surface area contributed by atoms with E-state index in [1.54, 1.807) is 0 Å². The van der Waals surface area contributed by atoms with E-state index in [0.29, 0.717) is 32.0 Å². The van der Waals surface area contributed by atoms with Gasteiger partial charge < -0.3 is 10.2 Å². The maximum Gasteiger partial charge on any atom is 0.226 e. The molecular weight excluding hydrogens is 372 g/mol. The van der Waals surface area contributed by atoms with Crippen LogP contribution in [-0.2, 0) is 16.0 Å². The minimum absolute atomic E-state index is 0.128. The number of rotatable bonds is 6. The number of nitrogens with zero attached hydrogens (tertiary/aromatic N) is 1. The SMILES string of the molecule is CCNC(=O)C1(Cc2ccccc2-c2ccccc2)CCN(C(=O)C2CCC2)CC1. The summed E-state index contributed by atoms with van der Waals surface area (Å²) in [5, 5.41) is 3.08. The highest BCUT2D eigenvalue weighted by Crippen LogP contribution is 2.39. The van der Waals surface area contributed by atoms with Crippen molar-refractivity contribution in [3.63, 3.8) is 0 Å². The second-order valence-electron chi connectivity index (χ2n) is 8.79. The number of nitrogens with one attached hydrogen (secondary N) is 1. The van der Waals surface area contributed by atoms with Crippen molar-refractivity contribution in [3.8, 4) is 11.1 Å². The maximum absolute atomic E-state index is 13.2. The van der Waals surface area contributed by atoms with Crippen LogP contribution in [0.3, 0.4) is 0 Å². The summed E-state index contributed by atoms with van der Waals surface area (Å²) in [5.41, 5.74) is 3.11. The quantitative estimate of drug-likeness (QED) is 0.774. The molecule has 0 unspecified atom stereocenters. The fraction of sp³-hybridized carbons (Fsp3) is 0.462. The van der Waals surface area contributed by atoms with Crippen LogP contribution in [-0.4, -0.2) is 36.3 Å². The number of carbonyl (C=O) groups excluding carboxylic acids is 2. The lowest BCUT2D eigenvalue weighted by atomic mass is 9.71. The van der Waals surface area contributed by atoms with Crippen molar-refractivity contribution in [2.24, 2.45) is 11.3 Å². The molecule has 4 heteroatoms. The first-order chi connectivity index (χ1) is 14.6. The van der Waals surface area contributed by atoms with Gasteiger partial charge >= 0.3 is 0 Å².